The van der Waals surface area contributed by atoms with E-state index in [9.17, 15) is 0 Å². The van der Waals surface area contributed by atoms with Crippen molar-refractivity contribution >= 4 is 0 Å². The van der Waals surface area contributed by atoms with Crippen LogP contribution in [0, 0.1) is 5.92 Å². The van der Waals surface area contributed by atoms with Gasteiger partial charge in [0.05, 0.1) is 6.10 Å². The summed E-state index contributed by atoms with van der Waals surface area (Å²) in [6, 6.07) is 0. The largest absolute Gasteiger partial charge is 0.378 e. The van der Waals surface area contributed by atoms with Gasteiger partial charge >= 0.3 is 0 Å². The molecule has 1 unspecified atom stereocenters. The monoisotopic (exact) mass is 212 g/mol. The molecule has 15 heavy (non-hydrogen) atoms. The molecular formula is C12H24N2O. The molecule has 0 radical (unpaired) electrons. The first-order chi connectivity index (χ1) is 7.38. The van der Waals surface area contributed by atoms with Crippen LogP contribution in [0.15, 0.2) is 0 Å². The maximum absolute atomic E-state index is 5.66. The van der Waals surface area contributed by atoms with Crippen LogP contribution in [0.5, 0.6) is 0 Å². The summed E-state index contributed by atoms with van der Waals surface area (Å²) in [7, 11) is 0. The van der Waals surface area contributed by atoms with Gasteiger partial charge in [0.15, 0.2) is 0 Å². The Morgan fingerprint density at radius 3 is 2.67 bits per heavy atom. The van der Waals surface area contributed by atoms with Gasteiger partial charge in [0, 0.05) is 26.2 Å². The van der Waals surface area contributed by atoms with Crippen molar-refractivity contribution in [2.45, 2.75) is 32.3 Å². The summed E-state index contributed by atoms with van der Waals surface area (Å²) in [5.41, 5.74) is 0. The van der Waals surface area contributed by atoms with Crippen LogP contribution in [-0.4, -0.2) is 50.3 Å². The second-order valence-electron chi connectivity index (χ2n) is 4.81. The number of nitrogens with one attached hydrogen (secondary N) is 1. The van der Waals surface area contributed by atoms with Crippen molar-refractivity contribution in [3.8, 4) is 0 Å². The maximum atomic E-state index is 5.66. The van der Waals surface area contributed by atoms with E-state index in [-0.39, 0.29) is 0 Å². The zero-order valence-electron chi connectivity index (χ0n) is 9.87. The van der Waals surface area contributed by atoms with Crippen LogP contribution in [0.1, 0.15) is 26.2 Å². The van der Waals surface area contributed by atoms with Gasteiger partial charge in [-0.3, -0.25) is 0 Å². The molecule has 0 bridgehead atoms. The fourth-order valence-electron chi connectivity index (χ4n) is 2.73. The van der Waals surface area contributed by atoms with Crippen LogP contribution in [-0.2, 0) is 4.74 Å². The van der Waals surface area contributed by atoms with Crippen molar-refractivity contribution in [3.05, 3.63) is 0 Å². The molecule has 3 nitrogen and oxygen atoms in total. The third kappa shape index (κ3) is 3.44. The van der Waals surface area contributed by atoms with Gasteiger partial charge < -0.3 is 15.0 Å². The molecule has 1 N–H and O–H groups in total. The molecular weight excluding hydrogens is 188 g/mol. The Morgan fingerprint density at radius 2 is 2.07 bits per heavy atom. The molecule has 3 heteroatoms. The van der Waals surface area contributed by atoms with E-state index in [0.717, 1.165) is 12.5 Å². The maximum Gasteiger partial charge on any atom is 0.0599 e. The number of piperidine rings is 1. The lowest BCUT2D eigenvalue weighted by Gasteiger charge is -2.33. The number of likely N-dealkylation sites (tertiary alicyclic amines) is 1. The smallest absolute Gasteiger partial charge is 0.0599 e. The number of rotatable bonds is 4. The number of nitrogens with zero attached hydrogens (tertiary/aromatic N) is 1. The molecule has 0 aliphatic carbocycles. The average molecular weight is 212 g/mol. The van der Waals surface area contributed by atoms with Gasteiger partial charge in [0.25, 0.3) is 0 Å². The summed E-state index contributed by atoms with van der Waals surface area (Å²) in [5, 5.41) is 3.44. The highest BCUT2D eigenvalue weighted by Crippen LogP contribution is 2.17. The first-order valence-corrected chi connectivity index (χ1v) is 6.43. The standard InChI is InChI=1S/C12H24N2O/c1-2-15-12-4-7-14(8-5-12)10-11-3-6-13-9-11/h11-13H,2-10H2,1H3. The molecule has 88 valence electrons. The first-order valence-electron chi connectivity index (χ1n) is 6.43. The van der Waals surface area contributed by atoms with Gasteiger partial charge in [-0.1, -0.05) is 0 Å². The summed E-state index contributed by atoms with van der Waals surface area (Å²) in [4.78, 5) is 2.62. The Morgan fingerprint density at radius 1 is 1.27 bits per heavy atom. The van der Waals surface area contributed by atoms with Crippen LogP contribution < -0.4 is 5.32 Å². The van der Waals surface area contributed by atoms with Gasteiger partial charge in [-0.25, -0.2) is 0 Å². The zero-order chi connectivity index (χ0) is 10.5. The second-order valence-corrected chi connectivity index (χ2v) is 4.81. The Labute approximate surface area is 93.2 Å². The number of hydrogen-bond acceptors (Lipinski definition) is 3. The third-order valence-electron chi connectivity index (χ3n) is 3.62. The third-order valence-corrected chi connectivity index (χ3v) is 3.62. The van der Waals surface area contributed by atoms with Crippen LogP contribution >= 0.6 is 0 Å². The van der Waals surface area contributed by atoms with Crippen molar-refractivity contribution in [2.24, 2.45) is 5.92 Å². The lowest BCUT2D eigenvalue weighted by atomic mass is 10.0. The van der Waals surface area contributed by atoms with Crippen molar-refractivity contribution in [1.29, 1.82) is 0 Å². The SMILES string of the molecule is CCOC1CCN(CC2CCNC2)CC1. The first kappa shape index (κ1) is 11.4. The molecule has 2 fully saturated rings. The molecule has 2 heterocycles. The predicted molar refractivity (Wildman–Crippen MR) is 62.1 cm³/mol. The molecule has 2 rings (SSSR count). The summed E-state index contributed by atoms with van der Waals surface area (Å²) >= 11 is 0. The Bertz CT molecular complexity index is 172. The molecule has 0 amide bonds. The Kier molecular flexibility index (Phi) is 4.42. The van der Waals surface area contributed by atoms with Crippen molar-refractivity contribution in [1.82, 2.24) is 10.2 Å². The van der Waals surface area contributed by atoms with E-state index in [4.69, 9.17) is 4.74 Å². The van der Waals surface area contributed by atoms with Gasteiger partial charge in [0.2, 0.25) is 0 Å². The molecule has 0 aromatic rings. The van der Waals surface area contributed by atoms with E-state index >= 15 is 0 Å². The fourth-order valence-corrected chi connectivity index (χ4v) is 2.73. The second kappa shape index (κ2) is 5.83. The van der Waals surface area contributed by atoms with Crippen molar-refractivity contribution < 1.29 is 4.74 Å². The quantitative estimate of drug-likeness (QED) is 0.755. The van der Waals surface area contributed by atoms with Crippen LogP contribution in [0.4, 0.5) is 0 Å². The molecule has 1 atom stereocenters. The van der Waals surface area contributed by atoms with E-state index in [1.54, 1.807) is 0 Å². The fraction of sp³-hybridized carbons (Fsp3) is 1.00. The lowest BCUT2D eigenvalue weighted by Crippen LogP contribution is -2.40. The lowest BCUT2D eigenvalue weighted by molar-refractivity contribution is 0.0116. The Balaban J connectivity index is 1.64. The average Bonchev–Trinajstić information content (AvgIpc) is 2.74. The zero-order valence-corrected chi connectivity index (χ0v) is 9.87. The molecule has 0 aromatic carbocycles. The highest BCUT2D eigenvalue weighted by Gasteiger charge is 2.23. The predicted octanol–water partition coefficient (Wildman–Crippen LogP) is 1.10. The van der Waals surface area contributed by atoms with Crippen LogP contribution in [0.3, 0.4) is 0 Å². The minimum atomic E-state index is 0.535. The molecule has 0 saturated carbocycles. The van der Waals surface area contributed by atoms with Crippen LogP contribution in [0.25, 0.3) is 0 Å². The van der Waals surface area contributed by atoms with Crippen LogP contribution in [0.2, 0.25) is 0 Å². The summed E-state index contributed by atoms with van der Waals surface area (Å²) < 4.78 is 5.66. The molecule has 0 spiro atoms. The number of hydrogen-bond donors (Lipinski definition) is 1. The highest BCUT2D eigenvalue weighted by atomic mass is 16.5. The van der Waals surface area contributed by atoms with E-state index in [0.29, 0.717) is 6.10 Å². The molecule has 2 saturated heterocycles. The summed E-state index contributed by atoms with van der Waals surface area (Å²) in [6.45, 7) is 9.19. The normalized spacial score (nSPS) is 29.8. The highest BCUT2D eigenvalue weighted by molar-refractivity contribution is 4.78. The van der Waals surface area contributed by atoms with E-state index in [1.165, 1.54) is 52.0 Å². The topological polar surface area (TPSA) is 24.5 Å². The van der Waals surface area contributed by atoms with E-state index in [2.05, 4.69) is 17.1 Å². The van der Waals surface area contributed by atoms with Crippen molar-refractivity contribution in [3.63, 3.8) is 0 Å². The van der Waals surface area contributed by atoms with E-state index in [1.807, 2.05) is 0 Å². The summed E-state index contributed by atoms with van der Waals surface area (Å²) in [6.07, 6.45) is 4.36. The minimum Gasteiger partial charge on any atom is -0.378 e. The molecule has 0 aromatic heterocycles. The van der Waals surface area contributed by atoms with Gasteiger partial charge in [0.1, 0.15) is 0 Å². The molecule has 2 aliphatic rings. The summed E-state index contributed by atoms with van der Waals surface area (Å²) in [5.74, 6) is 0.897. The number of ether oxygens (including phenoxy) is 1. The van der Waals surface area contributed by atoms with E-state index < -0.39 is 0 Å². The minimum absolute atomic E-state index is 0.535. The van der Waals surface area contributed by atoms with Gasteiger partial charge in [-0.15, -0.1) is 0 Å². The van der Waals surface area contributed by atoms with Gasteiger partial charge in [-0.2, -0.15) is 0 Å². The van der Waals surface area contributed by atoms with Gasteiger partial charge in [-0.05, 0) is 45.2 Å². The Hall–Kier alpha value is -0.120. The van der Waals surface area contributed by atoms with Crippen molar-refractivity contribution in [2.75, 3.05) is 39.3 Å². The molecule has 2 aliphatic heterocycles.